The maximum Gasteiger partial charge on any atom is 0.0302 e. The minimum atomic E-state index is 0.428. The second-order valence-electron chi connectivity index (χ2n) is 3.90. The van der Waals surface area contributed by atoms with Crippen LogP contribution < -0.4 is 5.32 Å². The Kier molecular flexibility index (Phi) is 5.96. The molecule has 2 heteroatoms. The van der Waals surface area contributed by atoms with Crippen molar-refractivity contribution in [1.82, 2.24) is 5.32 Å². The second kappa shape index (κ2) is 7.02. The Morgan fingerprint density at radius 3 is 2.67 bits per heavy atom. The van der Waals surface area contributed by atoms with E-state index >= 15 is 0 Å². The van der Waals surface area contributed by atoms with Gasteiger partial charge in [-0.1, -0.05) is 53.9 Å². The molecule has 0 aromatic heterocycles. The second-order valence-corrected chi connectivity index (χ2v) is 4.76. The molecule has 0 saturated carbocycles. The highest BCUT2D eigenvalue weighted by Crippen LogP contribution is 2.22. The van der Waals surface area contributed by atoms with E-state index in [1.807, 2.05) is 0 Å². The molecule has 0 aliphatic rings. The fraction of sp³-hybridized carbons (Fsp3) is 0.538. The van der Waals surface area contributed by atoms with E-state index in [0.29, 0.717) is 6.04 Å². The van der Waals surface area contributed by atoms with E-state index in [9.17, 15) is 0 Å². The molecule has 0 saturated heterocycles. The van der Waals surface area contributed by atoms with Crippen molar-refractivity contribution < 1.29 is 0 Å². The Hall–Kier alpha value is -0.340. The molecule has 0 amide bonds. The van der Waals surface area contributed by atoms with Gasteiger partial charge < -0.3 is 5.32 Å². The quantitative estimate of drug-likeness (QED) is 0.760. The molecule has 0 spiro atoms. The summed E-state index contributed by atoms with van der Waals surface area (Å²) in [5.41, 5.74) is 1.34. The van der Waals surface area contributed by atoms with Gasteiger partial charge in [0.2, 0.25) is 0 Å². The van der Waals surface area contributed by atoms with Gasteiger partial charge >= 0.3 is 0 Å². The molecule has 0 aliphatic heterocycles. The number of benzene rings is 1. The highest BCUT2D eigenvalue weighted by atomic mass is 79.9. The van der Waals surface area contributed by atoms with Gasteiger partial charge in [0.1, 0.15) is 0 Å². The number of rotatable bonds is 6. The maximum absolute atomic E-state index is 3.58. The van der Waals surface area contributed by atoms with Crippen LogP contribution in [-0.4, -0.2) is 6.54 Å². The minimum absolute atomic E-state index is 0.428. The third-order valence-electron chi connectivity index (χ3n) is 2.60. The highest BCUT2D eigenvalue weighted by Gasteiger charge is 2.06. The average molecular weight is 270 g/mol. The van der Waals surface area contributed by atoms with Gasteiger partial charge in [0.15, 0.2) is 0 Å². The summed E-state index contributed by atoms with van der Waals surface area (Å²) in [6.07, 6.45) is 3.87. The van der Waals surface area contributed by atoms with E-state index in [4.69, 9.17) is 0 Å². The number of hydrogen-bond donors (Lipinski definition) is 1. The van der Waals surface area contributed by atoms with Crippen LogP contribution in [0.15, 0.2) is 28.7 Å². The van der Waals surface area contributed by atoms with Gasteiger partial charge in [-0.25, -0.2) is 0 Å². The Bertz CT molecular complexity index is 286. The fourth-order valence-electron chi connectivity index (χ4n) is 1.63. The molecule has 1 atom stereocenters. The van der Waals surface area contributed by atoms with Crippen molar-refractivity contribution in [2.45, 2.75) is 39.2 Å². The summed E-state index contributed by atoms with van der Waals surface area (Å²) in [4.78, 5) is 0. The largest absolute Gasteiger partial charge is 0.310 e. The molecule has 84 valence electrons. The van der Waals surface area contributed by atoms with Crippen molar-refractivity contribution in [1.29, 1.82) is 0 Å². The van der Waals surface area contributed by atoms with Gasteiger partial charge in [0.05, 0.1) is 0 Å². The molecule has 1 N–H and O–H groups in total. The molecular weight excluding hydrogens is 250 g/mol. The number of hydrogen-bond acceptors (Lipinski definition) is 1. The fourth-order valence-corrected chi connectivity index (χ4v) is 2.26. The van der Waals surface area contributed by atoms with E-state index in [0.717, 1.165) is 6.54 Å². The van der Waals surface area contributed by atoms with E-state index in [2.05, 4.69) is 59.4 Å². The van der Waals surface area contributed by atoms with Crippen LogP contribution in [0.2, 0.25) is 0 Å². The molecule has 15 heavy (non-hydrogen) atoms. The molecule has 1 aromatic rings. The summed E-state index contributed by atoms with van der Waals surface area (Å²) in [5, 5.41) is 3.54. The molecule has 0 heterocycles. The van der Waals surface area contributed by atoms with Crippen molar-refractivity contribution in [2.24, 2.45) is 0 Å². The Morgan fingerprint density at radius 2 is 2.00 bits per heavy atom. The van der Waals surface area contributed by atoms with Gasteiger partial charge in [0.25, 0.3) is 0 Å². The van der Waals surface area contributed by atoms with E-state index in [1.54, 1.807) is 0 Å². The maximum atomic E-state index is 3.58. The molecule has 1 rings (SSSR count). The summed E-state index contributed by atoms with van der Waals surface area (Å²) in [6, 6.07) is 8.83. The Morgan fingerprint density at radius 1 is 1.27 bits per heavy atom. The van der Waals surface area contributed by atoms with Crippen LogP contribution >= 0.6 is 15.9 Å². The first-order chi connectivity index (χ1) is 7.25. The number of halogens is 1. The zero-order valence-corrected chi connectivity index (χ0v) is 11.2. The van der Waals surface area contributed by atoms with E-state index in [1.165, 1.54) is 29.3 Å². The number of unbranched alkanes of at least 4 members (excludes halogenated alkanes) is 2. The van der Waals surface area contributed by atoms with Crippen LogP contribution in [0.3, 0.4) is 0 Å². The highest BCUT2D eigenvalue weighted by molar-refractivity contribution is 9.10. The summed E-state index contributed by atoms with van der Waals surface area (Å²) < 4.78 is 1.19. The number of nitrogens with one attached hydrogen (secondary N) is 1. The van der Waals surface area contributed by atoms with Crippen molar-refractivity contribution in [3.8, 4) is 0 Å². The van der Waals surface area contributed by atoms with E-state index in [-0.39, 0.29) is 0 Å². The smallest absolute Gasteiger partial charge is 0.0302 e. The molecule has 1 aromatic carbocycles. The predicted octanol–water partition coefficient (Wildman–Crippen LogP) is 4.29. The van der Waals surface area contributed by atoms with Crippen LogP contribution in [0.25, 0.3) is 0 Å². The molecule has 0 radical (unpaired) electrons. The standard InChI is InChI=1S/C13H20BrN/c1-3-4-7-10-15-11(2)12-8-5-6-9-13(12)14/h5-6,8-9,11,15H,3-4,7,10H2,1-2H3/t11-/m1/s1. The molecule has 1 nitrogen and oxygen atoms in total. The lowest BCUT2D eigenvalue weighted by atomic mass is 10.1. The topological polar surface area (TPSA) is 12.0 Å². The molecule has 0 aliphatic carbocycles. The first-order valence-corrected chi connectivity index (χ1v) is 6.52. The normalized spacial score (nSPS) is 12.7. The average Bonchev–Trinajstić information content (AvgIpc) is 2.25. The third-order valence-corrected chi connectivity index (χ3v) is 3.32. The summed E-state index contributed by atoms with van der Waals surface area (Å²) >= 11 is 3.58. The lowest BCUT2D eigenvalue weighted by Crippen LogP contribution is -2.20. The van der Waals surface area contributed by atoms with Crippen LogP contribution in [0, 0.1) is 0 Å². The van der Waals surface area contributed by atoms with Crippen LogP contribution in [-0.2, 0) is 0 Å². The van der Waals surface area contributed by atoms with Crippen LogP contribution in [0.4, 0.5) is 0 Å². The summed E-state index contributed by atoms with van der Waals surface area (Å²) in [6.45, 7) is 5.56. The van der Waals surface area contributed by atoms with Gasteiger partial charge in [0, 0.05) is 10.5 Å². The third kappa shape index (κ3) is 4.35. The van der Waals surface area contributed by atoms with Gasteiger partial charge in [-0.05, 0) is 31.5 Å². The Labute approximate surface area is 101 Å². The lowest BCUT2D eigenvalue weighted by molar-refractivity contribution is 0.542. The van der Waals surface area contributed by atoms with Crippen LogP contribution in [0.1, 0.15) is 44.7 Å². The van der Waals surface area contributed by atoms with Gasteiger partial charge in [-0.2, -0.15) is 0 Å². The predicted molar refractivity (Wildman–Crippen MR) is 70.1 cm³/mol. The van der Waals surface area contributed by atoms with Gasteiger partial charge in [-0.3, -0.25) is 0 Å². The van der Waals surface area contributed by atoms with Crippen molar-refractivity contribution in [2.75, 3.05) is 6.54 Å². The zero-order chi connectivity index (χ0) is 11.1. The lowest BCUT2D eigenvalue weighted by Gasteiger charge is -2.15. The molecule has 0 fully saturated rings. The van der Waals surface area contributed by atoms with E-state index < -0.39 is 0 Å². The Balaban J connectivity index is 2.40. The first-order valence-electron chi connectivity index (χ1n) is 5.73. The zero-order valence-electron chi connectivity index (χ0n) is 9.59. The van der Waals surface area contributed by atoms with Crippen molar-refractivity contribution in [3.05, 3.63) is 34.3 Å². The van der Waals surface area contributed by atoms with Crippen molar-refractivity contribution >= 4 is 15.9 Å². The van der Waals surface area contributed by atoms with Crippen molar-refractivity contribution in [3.63, 3.8) is 0 Å². The minimum Gasteiger partial charge on any atom is -0.310 e. The molecule has 0 bridgehead atoms. The summed E-state index contributed by atoms with van der Waals surface area (Å²) in [7, 11) is 0. The molecule has 0 unspecified atom stereocenters. The first kappa shape index (κ1) is 12.7. The van der Waals surface area contributed by atoms with Gasteiger partial charge in [-0.15, -0.1) is 0 Å². The SMILES string of the molecule is CCCCCN[C@H](C)c1ccccc1Br. The summed E-state index contributed by atoms with van der Waals surface area (Å²) in [5.74, 6) is 0. The molecular formula is C13H20BrN. The monoisotopic (exact) mass is 269 g/mol. The van der Waals surface area contributed by atoms with Crippen LogP contribution in [0.5, 0.6) is 0 Å².